The van der Waals surface area contributed by atoms with Crippen LogP contribution in [0.3, 0.4) is 0 Å². The number of hydrogen-bond donors (Lipinski definition) is 0. The zero-order chi connectivity index (χ0) is 8.29. The van der Waals surface area contributed by atoms with Crippen molar-refractivity contribution in [3.8, 4) is 0 Å². The predicted molar refractivity (Wildman–Crippen MR) is 39.8 cm³/mol. The van der Waals surface area contributed by atoms with E-state index in [1.54, 1.807) is 0 Å². The minimum atomic E-state index is -0.258. The maximum Gasteiger partial charge on any atom is 0.165 e. The number of fused-ring (bicyclic) bond motifs is 5. The maximum atomic E-state index is 11.3. The summed E-state index contributed by atoms with van der Waals surface area (Å²) in [5, 5.41) is 3.88. The molecule has 0 radical (unpaired) electrons. The molecule has 3 aliphatic heterocycles. The van der Waals surface area contributed by atoms with Gasteiger partial charge in [0.15, 0.2) is 11.9 Å². The van der Waals surface area contributed by atoms with Gasteiger partial charge in [-0.1, -0.05) is 5.16 Å². The topological polar surface area (TPSA) is 47.9 Å². The molecule has 2 saturated heterocycles. The molecule has 0 aromatic rings. The van der Waals surface area contributed by atoms with E-state index in [9.17, 15) is 4.79 Å². The van der Waals surface area contributed by atoms with E-state index in [0.29, 0.717) is 6.42 Å². The van der Waals surface area contributed by atoms with E-state index in [-0.39, 0.29) is 30.0 Å². The largest absolute Gasteiger partial charge is 0.389 e. The SMILES string of the molecule is CC1=NOC2C3CC(=O)C(O3)C12. The standard InChI is InChI=1S/C8H9NO3/c1-3-6-7-4(10)2-5(11-7)8(6)12-9-3/h5-8H,2H2,1H3. The number of carbonyl (C=O) groups is 1. The van der Waals surface area contributed by atoms with Crippen LogP contribution in [0.25, 0.3) is 0 Å². The van der Waals surface area contributed by atoms with Crippen LogP contribution in [-0.2, 0) is 14.4 Å². The summed E-state index contributed by atoms with van der Waals surface area (Å²) in [4.78, 5) is 16.5. The molecule has 0 amide bonds. The quantitative estimate of drug-likeness (QED) is 0.514. The Balaban J connectivity index is 2.00. The first-order valence-corrected chi connectivity index (χ1v) is 4.16. The third-order valence-electron chi connectivity index (χ3n) is 2.89. The van der Waals surface area contributed by atoms with Gasteiger partial charge in [0, 0.05) is 6.42 Å². The van der Waals surface area contributed by atoms with Gasteiger partial charge in [-0.05, 0) is 6.92 Å². The van der Waals surface area contributed by atoms with Gasteiger partial charge in [-0.15, -0.1) is 0 Å². The number of oxime groups is 1. The van der Waals surface area contributed by atoms with Gasteiger partial charge in [-0.2, -0.15) is 0 Å². The molecule has 4 heteroatoms. The van der Waals surface area contributed by atoms with Gasteiger partial charge in [0.05, 0.1) is 11.6 Å². The minimum absolute atomic E-state index is 0.0210. The van der Waals surface area contributed by atoms with E-state index >= 15 is 0 Å². The van der Waals surface area contributed by atoms with Crippen molar-refractivity contribution in [3.05, 3.63) is 0 Å². The van der Waals surface area contributed by atoms with Crippen LogP contribution < -0.4 is 0 Å². The highest BCUT2D eigenvalue weighted by atomic mass is 16.7. The number of Topliss-reactive ketones (excluding diaryl/α,β-unsaturated/α-hetero) is 1. The summed E-state index contributed by atoms with van der Waals surface area (Å²) in [6.45, 7) is 1.89. The van der Waals surface area contributed by atoms with Crippen molar-refractivity contribution in [2.45, 2.75) is 31.7 Å². The Labute approximate surface area is 69.5 Å². The summed E-state index contributed by atoms with van der Waals surface area (Å²) in [5.74, 6) is 0.317. The Morgan fingerprint density at radius 3 is 3.25 bits per heavy atom. The Morgan fingerprint density at radius 2 is 2.42 bits per heavy atom. The Kier molecular flexibility index (Phi) is 1.03. The molecular weight excluding hydrogens is 158 g/mol. The second-order valence-electron chi connectivity index (χ2n) is 3.59. The highest BCUT2D eigenvalue weighted by Gasteiger charge is 2.58. The van der Waals surface area contributed by atoms with Crippen LogP contribution in [-0.4, -0.2) is 29.8 Å². The average molecular weight is 167 g/mol. The minimum Gasteiger partial charge on any atom is -0.389 e. The van der Waals surface area contributed by atoms with E-state index in [0.717, 1.165) is 5.71 Å². The summed E-state index contributed by atoms with van der Waals surface area (Å²) < 4.78 is 5.47. The molecule has 2 fully saturated rings. The fraction of sp³-hybridized carbons (Fsp3) is 0.750. The molecule has 64 valence electrons. The Hall–Kier alpha value is -0.900. The van der Waals surface area contributed by atoms with Crippen LogP contribution in [0.15, 0.2) is 5.16 Å². The zero-order valence-corrected chi connectivity index (χ0v) is 6.69. The number of carbonyl (C=O) groups excluding carboxylic acids is 1. The van der Waals surface area contributed by atoms with Crippen LogP contribution in [0.2, 0.25) is 0 Å². The van der Waals surface area contributed by atoms with E-state index in [2.05, 4.69) is 5.16 Å². The zero-order valence-electron chi connectivity index (χ0n) is 6.69. The van der Waals surface area contributed by atoms with Gasteiger partial charge in [0.2, 0.25) is 0 Å². The molecule has 2 bridgehead atoms. The van der Waals surface area contributed by atoms with Crippen molar-refractivity contribution in [1.29, 1.82) is 0 Å². The molecule has 4 atom stereocenters. The third kappa shape index (κ3) is 0.579. The summed E-state index contributed by atoms with van der Waals surface area (Å²) in [6.07, 6.45) is 0.238. The first kappa shape index (κ1) is 6.60. The lowest BCUT2D eigenvalue weighted by molar-refractivity contribution is -0.123. The lowest BCUT2D eigenvalue weighted by Crippen LogP contribution is -2.38. The van der Waals surface area contributed by atoms with Crippen molar-refractivity contribution in [2.24, 2.45) is 11.1 Å². The molecule has 4 unspecified atom stereocenters. The molecule has 0 aliphatic carbocycles. The monoisotopic (exact) mass is 167 g/mol. The molecule has 4 nitrogen and oxygen atoms in total. The average Bonchev–Trinajstić information content (AvgIpc) is 2.62. The lowest BCUT2D eigenvalue weighted by atomic mass is 9.83. The van der Waals surface area contributed by atoms with Gasteiger partial charge >= 0.3 is 0 Å². The van der Waals surface area contributed by atoms with Crippen LogP contribution in [0.5, 0.6) is 0 Å². The fourth-order valence-electron chi connectivity index (χ4n) is 2.30. The smallest absolute Gasteiger partial charge is 0.165 e. The van der Waals surface area contributed by atoms with E-state index in [1.165, 1.54) is 0 Å². The van der Waals surface area contributed by atoms with Crippen molar-refractivity contribution in [3.63, 3.8) is 0 Å². The van der Waals surface area contributed by atoms with E-state index in [4.69, 9.17) is 9.57 Å². The summed E-state index contributed by atoms with van der Waals surface area (Å²) in [7, 11) is 0. The Morgan fingerprint density at radius 1 is 1.58 bits per heavy atom. The summed E-state index contributed by atoms with van der Waals surface area (Å²) in [6, 6.07) is 0. The number of ketones is 1. The first-order chi connectivity index (χ1) is 5.77. The van der Waals surface area contributed by atoms with Crippen LogP contribution in [0.4, 0.5) is 0 Å². The molecule has 3 rings (SSSR count). The van der Waals surface area contributed by atoms with Gasteiger partial charge in [0.25, 0.3) is 0 Å². The van der Waals surface area contributed by atoms with Crippen LogP contribution >= 0.6 is 0 Å². The summed E-state index contributed by atoms with van der Waals surface area (Å²) in [5.41, 5.74) is 0.903. The molecule has 0 N–H and O–H groups in total. The molecule has 0 spiro atoms. The number of nitrogens with zero attached hydrogens (tertiary/aromatic N) is 1. The van der Waals surface area contributed by atoms with E-state index in [1.807, 2.05) is 6.92 Å². The number of rotatable bonds is 0. The fourth-order valence-corrected chi connectivity index (χ4v) is 2.30. The van der Waals surface area contributed by atoms with Crippen molar-refractivity contribution < 1.29 is 14.4 Å². The van der Waals surface area contributed by atoms with Gasteiger partial charge in [-0.25, -0.2) is 0 Å². The third-order valence-corrected chi connectivity index (χ3v) is 2.89. The van der Waals surface area contributed by atoms with Crippen molar-refractivity contribution >= 4 is 11.5 Å². The second-order valence-corrected chi connectivity index (χ2v) is 3.59. The first-order valence-electron chi connectivity index (χ1n) is 4.16. The van der Waals surface area contributed by atoms with Gasteiger partial charge in [0.1, 0.15) is 12.2 Å². The molecule has 0 saturated carbocycles. The predicted octanol–water partition coefficient (Wildman–Crippen LogP) is 0.117. The highest BCUT2D eigenvalue weighted by molar-refractivity contribution is 5.97. The lowest BCUT2D eigenvalue weighted by Gasteiger charge is -2.17. The normalized spacial score (nSPS) is 49.1. The highest BCUT2D eigenvalue weighted by Crippen LogP contribution is 2.42. The van der Waals surface area contributed by atoms with Gasteiger partial charge in [-0.3, -0.25) is 4.79 Å². The number of ether oxygens (including phenoxy) is 1. The molecular formula is C8H9NO3. The molecule has 12 heavy (non-hydrogen) atoms. The van der Waals surface area contributed by atoms with Crippen molar-refractivity contribution in [2.75, 3.05) is 0 Å². The molecule has 3 heterocycles. The van der Waals surface area contributed by atoms with Crippen LogP contribution in [0, 0.1) is 5.92 Å². The summed E-state index contributed by atoms with van der Waals surface area (Å²) >= 11 is 0. The van der Waals surface area contributed by atoms with Gasteiger partial charge < -0.3 is 9.57 Å². The molecule has 3 aliphatic rings. The van der Waals surface area contributed by atoms with Crippen molar-refractivity contribution in [1.82, 2.24) is 0 Å². The number of hydrogen-bond acceptors (Lipinski definition) is 4. The maximum absolute atomic E-state index is 11.3. The van der Waals surface area contributed by atoms with Crippen LogP contribution in [0.1, 0.15) is 13.3 Å². The second kappa shape index (κ2) is 1.88. The van der Waals surface area contributed by atoms with E-state index < -0.39 is 0 Å². The molecule has 0 aromatic carbocycles. The Bertz CT molecular complexity index is 286. The molecule has 0 aromatic heterocycles.